The van der Waals surface area contributed by atoms with Crippen molar-refractivity contribution in [3.05, 3.63) is 28.8 Å². The molecule has 0 aliphatic carbocycles. The fourth-order valence-corrected chi connectivity index (χ4v) is 1.83. The molecular weight excluding hydrogens is 277 g/mol. The van der Waals surface area contributed by atoms with Crippen LogP contribution in [0.15, 0.2) is 18.2 Å². The Hall–Kier alpha value is -0.970. The zero-order valence-corrected chi connectivity index (χ0v) is 11.5. The molecular formula is C12H15Cl2NO3. The maximum Gasteiger partial charge on any atom is 0.254 e. The van der Waals surface area contributed by atoms with E-state index in [4.69, 9.17) is 27.9 Å². The van der Waals surface area contributed by atoms with Crippen LogP contribution in [0, 0.1) is 0 Å². The number of phenolic OH excluding ortho intramolecular Hbond substituents is 1. The smallest absolute Gasteiger partial charge is 0.254 e. The summed E-state index contributed by atoms with van der Waals surface area (Å²) < 4.78 is 4.94. The molecule has 0 aromatic heterocycles. The molecule has 0 fully saturated rings. The van der Waals surface area contributed by atoms with Gasteiger partial charge in [0.2, 0.25) is 0 Å². The van der Waals surface area contributed by atoms with Crippen LogP contribution in [0.4, 0.5) is 0 Å². The lowest BCUT2D eigenvalue weighted by molar-refractivity contribution is 0.0708. The largest absolute Gasteiger partial charge is 0.506 e. The molecule has 1 N–H and O–H groups in total. The molecule has 0 atom stereocenters. The van der Waals surface area contributed by atoms with Gasteiger partial charge in [-0.2, -0.15) is 0 Å². The predicted octanol–water partition coefficient (Wildman–Crippen LogP) is 2.37. The molecule has 0 saturated heterocycles. The molecule has 18 heavy (non-hydrogen) atoms. The lowest BCUT2D eigenvalue weighted by atomic mass is 10.2. The summed E-state index contributed by atoms with van der Waals surface area (Å²) in [7, 11) is 1.57. The highest BCUT2D eigenvalue weighted by atomic mass is 35.5. The monoisotopic (exact) mass is 291 g/mol. The Morgan fingerprint density at radius 1 is 1.44 bits per heavy atom. The molecule has 0 heterocycles. The van der Waals surface area contributed by atoms with Gasteiger partial charge < -0.3 is 14.7 Å². The lowest BCUT2D eigenvalue weighted by Gasteiger charge is -2.21. The second kappa shape index (κ2) is 7.46. The van der Waals surface area contributed by atoms with Gasteiger partial charge in [0.05, 0.1) is 11.6 Å². The van der Waals surface area contributed by atoms with Crippen LogP contribution in [0.2, 0.25) is 5.02 Å². The number of alkyl halides is 1. The van der Waals surface area contributed by atoms with Crippen LogP contribution < -0.4 is 0 Å². The Morgan fingerprint density at radius 3 is 2.72 bits per heavy atom. The highest BCUT2D eigenvalue weighted by molar-refractivity contribution is 6.32. The number of hydrogen-bond donors (Lipinski definition) is 1. The van der Waals surface area contributed by atoms with Gasteiger partial charge in [0.25, 0.3) is 5.91 Å². The third-order valence-electron chi connectivity index (χ3n) is 2.40. The average Bonchev–Trinajstić information content (AvgIpc) is 2.37. The fraction of sp³-hybridized carbons (Fsp3) is 0.417. The molecule has 1 amide bonds. The Kier molecular flexibility index (Phi) is 6.25. The van der Waals surface area contributed by atoms with Crippen molar-refractivity contribution in [1.29, 1.82) is 0 Å². The van der Waals surface area contributed by atoms with Gasteiger partial charge in [0.15, 0.2) is 0 Å². The quantitative estimate of drug-likeness (QED) is 0.819. The number of carbonyl (C=O) groups is 1. The predicted molar refractivity (Wildman–Crippen MR) is 71.6 cm³/mol. The van der Waals surface area contributed by atoms with Gasteiger partial charge in [-0.25, -0.2) is 0 Å². The van der Waals surface area contributed by atoms with Crippen molar-refractivity contribution in [2.45, 2.75) is 0 Å². The van der Waals surface area contributed by atoms with Gasteiger partial charge >= 0.3 is 0 Å². The Morgan fingerprint density at radius 2 is 2.17 bits per heavy atom. The molecule has 0 aliphatic heterocycles. The van der Waals surface area contributed by atoms with Gasteiger partial charge in [0, 0.05) is 31.6 Å². The Labute approximate surface area is 116 Å². The van der Waals surface area contributed by atoms with Crippen molar-refractivity contribution in [1.82, 2.24) is 4.90 Å². The van der Waals surface area contributed by atoms with Crippen LogP contribution >= 0.6 is 23.2 Å². The minimum absolute atomic E-state index is 0.0472. The first-order valence-corrected chi connectivity index (χ1v) is 6.34. The van der Waals surface area contributed by atoms with Gasteiger partial charge in [-0.3, -0.25) is 4.79 Å². The summed E-state index contributed by atoms with van der Waals surface area (Å²) in [4.78, 5) is 13.8. The van der Waals surface area contributed by atoms with Crippen molar-refractivity contribution in [2.24, 2.45) is 0 Å². The van der Waals surface area contributed by atoms with Crippen LogP contribution in [-0.2, 0) is 4.74 Å². The summed E-state index contributed by atoms with van der Waals surface area (Å²) in [5.41, 5.74) is 0.416. The number of amides is 1. The summed E-state index contributed by atoms with van der Waals surface area (Å²) in [5.74, 6) is 0.116. The first kappa shape index (κ1) is 15.1. The molecule has 0 unspecified atom stereocenters. The normalized spacial score (nSPS) is 10.4. The molecule has 1 aromatic carbocycles. The third kappa shape index (κ3) is 4.05. The van der Waals surface area contributed by atoms with Crippen molar-refractivity contribution in [3.8, 4) is 5.75 Å². The molecule has 1 rings (SSSR count). The maximum atomic E-state index is 12.2. The number of phenols is 1. The van der Waals surface area contributed by atoms with Gasteiger partial charge in [-0.15, -0.1) is 11.6 Å². The van der Waals surface area contributed by atoms with E-state index in [1.165, 1.54) is 18.2 Å². The number of aromatic hydroxyl groups is 1. The second-order valence-electron chi connectivity index (χ2n) is 3.64. The van der Waals surface area contributed by atoms with Gasteiger partial charge in [0.1, 0.15) is 5.75 Å². The molecule has 1 aromatic rings. The van der Waals surface area contributed by atoms with E-state index in [0.29, 0.717) is 31.1 Å². The molecule has 0 saturated carbocycles. The van der Waals surface area contributed by atoms with Crippen molar-refractivity contribution in [2.75, 3.05) is 32.7 Å². The zero-order valence-electron chi connectivity index (χ0n) is 10.0. The number of carbonyl (C=O) groups excluding carboxylic acids is 1. The number of rotatable bonds is 6. The highest BCUT2D eigenvalue weighted by Crippen LogP contribution is 2.24. The molecule has 100 valence electrons. The van der Waals surface area contributed by atoms with E-state index < -0.39 is 0 Å². The Balaban J connectivity index is 2.83. The van der Waals surface area contributed by atoms with E-state index in [0.717, 1.165) is 0 Å². The van der Waals surface area contributed by atoms with E-state index in [1.807, 2.05) is 0 Å². The van der Waals surface area contributed by atoms with Gasteiger partial charge in [-0.05, 0) is 18.2 Å². The summed E-state index contributed by atoms with van der Waals surface area (Å²) >= 11 is 11.4. The van der Waals surface area contributed by atoms with Crippen molar-refractivity contribution in [3.63, 3.8) is 0 Å². The van der Waals surface area contributed by atoms with Crippen LogP contribution in [0.25, 0.3) is 0 Å². The van der Waals surface area contributed by atoms with E-state index >= 15 is 0 Å². The minimum atomic E-state index is -0.186. The standard InChI is InChI=1S/C12H15Cl2NO3/c1-18-7-6-15(5-4-13)12(17)9-2-3-11(16)10(14)8-9/h2-3,8,16H,4-7H2,1H3. The molecule has 0 bridgehead atoms. The molecule has 0 radical (unpaired) electrons. The molecule has 4 nitrogen and oxygen atoms in total. The fourth-order valence-electron chi connectivity index (χ4n) is 1.44. The molecule has 6 heteroatoms. The van der Waals surface area contributed by atoms with Gasteiger partial charge in [-0.1, -0.05) is 11.6 Å². The zero-order chi connectivity index (χ0) is 13.5. The number of benzene rings is 1. The minimum Gasteiger partial charge on any atom is -0.506 e. The number of hydrogen-bond acceptors (Lipinski definition) is 3. The summed E-state index contributed by atoms with van der Waals surface area (Å²) in [6.07, 6.45) is 0. The number of ether oxygens (including phenoxy) is 1. The molecule has 0 aliphatic rings. The van der Waals surface area contributed by atoms with Crippen LogP contribution in [-0.4, -0.2) is 48.6 Å². The van der Waals surface area contributed by atoms with Crippen LogP contribution in [0.1, 0.15) is 10.4 Å². The maximum absolute atomic E-state index is 12.2. The second-order valence-corrected chi connectivity index (χ2v) is 4.43. The molecule has 0 spiro atoms. The lowest BCUT2D eigenvalue weighted by Crippen LogP contribution is -2.35. The highest BCUT2D eigenvalue weighted by Gasteiger charge is 2.16. The van der Waals surface area contributed by atoms with E-state index in [9.17, 15) is 9.90 Å². The van der Waals surface area contributed by atoms with Crippen LogP contribution in [0.5, 0.6) is 5.75 Å². The third-order valence-corrected chi connectivity index (χ3v) is 2.87. The summed E-state index contributed by atoms with van der Waals surface area (Å²) in [5, 5.41) is 9.46. The van der Waals surface area contributed by atoms with Crippen molar-refractivity contribution >= 4 is 29.1 Å². The van der Waals surface area contributed by atoms with Crippen LogP contribution in [0.3, 0.4) is 0 Å². The van der Waals surface area contributed by atoms with E-state index in [1.54, 1.807) is 12.0 Å². The average molecular weight is 292 g/mol. The summed E-state index contributed by atoms with van der Waals surface area (Å²) in [6.45, 7) is 1.33. The Bertz CT molecular complexity index is 412. The topological polar surface area (TPSA) is 49.8 Å². The number of halogens is 2. The summed E-state index contributed by atoms with van der Waals surface area (Å²) in [6, 6.07) is 4.36. The number of methoxy groups -OCH3 is 1. The van der Waals surface area contributed by atoms with E-state index in [2.05, 4.69) is 0 Å². The first-order chi connectivity index (χ1) is 8.60. The first-order valence-electron chi connectivity index (χ1n) is 5.42. The van der Waals surface area contributed by atoms with E-state index in [-0.39, 0.29) is 16.7 Å². The van der Waals surface area contributed by atoms with Crippen molar-refractivity contribution < 1.29 is 14.6 Å². The SMILES string of the molecule is COCCN(CCCl)C(=O)c1ccc(O)c(Cl)c1. The number of nitrogens with zero attached hydrogens (tertiary/aromatic N) is 1.